The summed E-state index contributed by atoms with van der Waals surface area (Å²) in [4.78, 5) is 38.2. The minimum Gasteiger partial charge on any atom is -0.506 e. The number of H-pyrrole nitrogens is 1. The van der Waals surface area contributed by atoms with E-state index in [1.165, 1.54) is 40.6 Å². The molecule has 2 N–H and O–H groups in total. The van der Waals surface area contributed by atoms with Gasteiger partial charge in [0.25, 0.3) is 13.7 Å². The molecule has 1 unspecified atom stereocenters. The van der Waals surface area contributed by atoms with E-state index in [-0.39, 0.29) is 30.1 Å². The molecular weight excluding hydrogens is 465 g/mol. The first-order valence-corrected chi connectivity index (χ1v) is 12.3. The summed E-state index contributed by atoms with van der Waals surface area (Å²) in [5.41, 5.74) is -0.902. The van der Waals surface area contributed by atoms with Crippen LogP contribution in [-0.2, 0) is 23.4 Å². The summed E-state index contributed by atoms with van der Waals surface area (Å²) < 4.78 is 32.6. The molecule has 1 aromatic heterocycles. The van der Waals surface area contributed by atoms with E-state index in [9.17, 15) is 24.1 Å². The number of nitrogens with zero attached hydrogens (tertiary/aromatic N) is 2. The molecule has 34 heavy (non-hydrogen) atoms. The molecule has 0 saturated carbocycles. The molecule has 0 amide bonds. The summed E-state index contributed by atoms with van der Waals surface area (Å²) in [6.07, 6.45) is 0.431. The van der Waals surface area contributed by atoms with E-state index in [2.05, 4.69) is 4.98 Å². The highest BCUT2D eigenvalue weighted by Crippen LogP contribution is 2.42. The zero-order chi connectivity index (χ0) is 25.0. The standard InChI is InChI=1S/C22H30N3O8P/c1-13(2)32-21(28)15(4)25(17-7-5-6-8-18(17)26)34(30)31-12-16-11-14(3)20(33-16)24-10-9-19(27)23-22(24)29/h5-10,13-16,20,26,34H,11-12H2,1-4H3,(H,23,27,29)/t14-,15-,16-,20+/m0/s1. The lowest BCUT2D eigenvalue weighted by Gasteiger charge is -2.30. The van der Waals surface area contributed by atoms with Gasteiger partial charge >= 0.3 is 11.7 Å². The number of phenols is 1. The van der Waals surface area contributed by atoms with Gasteiger partial charge in [-0.15, -0.1) is 0 Å². The zero-order valence-corrected chi connectivity index (χ0v) is 20.5. The first-order chi connectivity index (χ1) is 16.1. The van der Waals surface area contributed by atoms with Crippen molar-refractivity contribution in [1.82, 2.24) is 9.55 Å². The van der Waals surface area contributed by atoms with Crippen LogP contribution in [-0.4, -0.2) is 45.5 Å². The number of benzene rings is 1. The van der Waals surface area contributed by atoms with Gasteiger partial charge in [-0.25, -0.2) is 9.59 Å². The number of hydrogen-bond acceptors (Lipinski definition) is 8. The van der Waals surface area contributed by atoms with Gasteiger partial charge in [0, 0.05) is 18.2 Å². The molecule has 1 aliphatic heterocycles. The fraction of sp³-hybridized carbons (Fsp3) is 0.500. The molecule has 186 valence electrons. The van der Waals surface area contributed by atoms with Gasteiger partial charge in [-0.1, -0.05) is 19.1 Å². The van der Waals surface area contributed by atoms with Crippen LogP contribution in [0.25, 0.3) is 0 Å². The van der Waals surface area contributed by atoms with Crippen LogP contribution in [0.4, 0.5) is 5.69 Å². The molecule has 11 nitrogen and oxygen atoms in total. The first kappa shape index (κ1) is 25.7. The van der Waals surface area contributed by atoms with Gasteiger partial charge < -0.3 is 19.1 Å². The van der Waals surface area contributed by atoms with E-state index in [4.69, 9.17) is 14.0 Å². The first-order valence-electron chi connectivity index (χ1n) is 11.0. The highest BCUT2D eigenvalue weighted by molar-refractivity contribution is 7.41. The maximum Gasteiger partial charge on any atom is 0.330 e. The Morgan fingerprint density at radius 3 is 2.65 bits per heavy atom. The molecule has 2 heterocycles. The number of ether oxygens (including phenoxy) is 2. The molecule has 0 radical (unpaired) electrons. The molecule has 0 bridgehead atoms. The minimum atomic E-state index is -3.05. The van der Waals surface area contributed by atoms with Crippen LogP contribution in [0.15, 0.2) is 46.1 Å². The van der Waals surface area contributed by atoms with Crippen molar-refractivity contribution in [3.63, 3.8) is 0 Å². The topological polar surface area (TPSA) is 140 Å². The molecule has 2 aromatic rings. The van der Waals surface area contributed by atoms with Crippen LogP contribution >= 0.6 is 8.18 Å². The number of aromatic hydroxyl groups is 1. The molecule has 0 spiro atoms. The largest absolute Gasteiger partial charge is 0.506 e. The number of rotatable bonds is 9. The van der Waals surface area contributed by atoms with E-state index >= 15 is 0 Å². The van der Waals surface area contributed by atoms with E-state index in [1.54, 1.807) is 26.0 Å². The average molecular weight is 495 g/mol. The smallest absolute Gasteiger partial charge is 0.330 e. The molecule has 1 fully saturated rings. The normalized spacial score (nSPS) is 21.9. The Balaban J connectivity index is 1.73. The SMILES string of the molecule is CC(C)OC(=O)[C@H](C)N(c1ccccc1O)[PH](=O)OC[C@@H]1C[C@H](C)[C@H](n2ccc(=O)[nH]c2=O)O1. The number of aromatic amines is 1. The number of carbonyl (C=O) groups is 1. The lowest BCUT2D eigenvalue weighted by Crippen LogP contribution is -2.37. The Hall–Kier alpha value is -2.88. The summed E-state index contributed by atoms with van der Waals surface area (Å²) in [5.74, 6) is -0.839. The van der Waals surface area contributed by atoms with Gasteiger partial charge in [-0.2, -0.15) is 0 Å². The maximum absolute atomic E-state index is 13.2. The van der Waals surface area contributed by atoms with Crippen LogP contribution < -0.4 is 15.9 Å². The third kappa shape index (κ3) is 5.97. The average Bonchev–Trinajstić information content (AvgIpc) is 3.13. The second kappa shape index (κ2) is 11.0. The Labute approximate surface area is 197 Å². The maximum atomic E-state index is 13.2. The second-order valence-corrected chi connectivity index (χ2v) is 9.78. The van der Waals surface area contributed by atoms with E-state index in [0.29, 0.717) is 6.42 Å². The fourth-order valence-electron chi connectivity index (χ4n) is 3.80. The monoisotopic (exact) mass is 495 g/mol. The molecule has 5 atom stereocenters. The van der Waals surface area contributed by atoms with Crippen molar-refractivity contribution < 1.29 is 28.5 Å². The molecule has 1 saturated heterocycles. The Bertz CT molecular complexity index is 1150. The molecular formula is C22H30N3O8P. The summed E-state index contributed by atoms with van der Waals surface area (Å²) in [6.45, 7) is 6.76. The number of para-hydroxylation sites is 2. The Morgan fingerprint density at radius 2 is 2.00 bits per heavy atom. The minimum absolute atomic E-state index is 0.0627. The third-order valence-electron chi connectivity index (χ3n) is 5.39. The van der Waals surface area contributed by atoms with E-state index in [1.807, 2.05) is 6.92 Å². The Morgan fingerprint density at radius 1 is 1.29 bits per heavy atom. The number of hydrogen-bond donors (Lipinski definition) is 2. The number of aromatic nitrogens is 2. The number of esters is 1. The number of carbonyl (C=O) groups excluding carboxylic acids is 1. The van der Waals surface area contributed by atoms with Gasteiger partial charge in [-0.3, -0.25) is 23.6 Å². The molecule has 1 aliphatic rings. The summed E-state index contributed by atoms with van der Waals surface area (Å²) in [7, 11) is -3.05. The number of nitrogens with one attached hydrogen (secondary N) is 1. The van der Waals surface area contributed by atoms with Crippen LogP contribution in [0.3, 0.4) is 0 Å². The van der Waals surface area contributed by atoms with Crippen LogP contribution in [0.2, 0.25) is 0 Å². The molecule has 0 aliphatic carbocycles. The lowest BCUT2D eigenvalue weighted by molar-refractivity contribution is -0.148. The van der Waals surface area contributed by atoms with Crippen molar-refractivity contribution in [2.75, 3.05) is 11.3 Å². The highest BCUT2D eigenvalue weighted by Gasteiger charge is 2.36. The predicted molar refractivity (Wildman–Crippen MR) is 125 cm³/mol. The summed E-state index contributed by atoms with van der Waals surface area (Å²) >= 11 is 0. The van der Waals surface area contributed by atoms with Gasteiger partial charge in [0.15, 0.2) is 0 Å². The second-order valence-electron chi connectivity index (χ2n) is 8.48. The van der Waals surface area contributed by atoms with Gasteiger partial charge in [0.2, 0.25) is 0 Å². The van der Waals surface area contributed by atoms with Crippen molar-refractivity contribution >= 4 is 19.8 Å². The van der Waals surface area contributed by atoms with Gasteiger partial charge in [-0.05, 0) is 39.3 Å². The molecule has 12 heteroatoms. The van der Waals surface area contributed by atoms with Crippen LogP contribution in [0.5, 0.6) is 5.75 Å². The van der Waals surface area contributed by atoms with Crippen molar-refractivity contribution in [1.29, 1.82) is 0 Å². The van der Waals surface area contributed by atoms with Crippen molar-refractivity contribution in [2.24, 2.45) is 5.92 Å². The summed E-state index contributed by atoms with van der Waals surface area (Å²) in [6, 6.07) is 6.46. The van der Waals surface area contributed by atoms with Crippen molar-refractivity contribution in [3.8, 4) is 5.75 Å². The number of phenolic OH excluding ortho intramolecular Hbond substituents is 1. The fourth-order valence-corrected chi connectivity index (χ4v) is 5.07. The molecule has 3 rings (SSSR count). The number of anilines is 1. The van der Waals surface area contributed by atoms with Gasteiger partial charge in [0.05, 0.1) is 24.5 Å². The van der Waals surface area contributed by atoms with Crippen LogP contribution in [0.1, 0.15) is 40.3 Å². The van der Waals surface area contributed by atoms with E-state index in [0.717, 1.165) is 0 Å². The lowest BCUT2D eigenvalue weighted by atomic mass is 10.1. The van der Waals surface area contributed by atoms with Gasteiger partial charge in [0.1, 0.15) is 18.0 Å². The zero-order valence-electron chi connectivity index (χ0n) is 19.5. The van der Waals surface area contributed by atoms with E-state index < -0.39 is 43.8 Å². The highest BCUT2D eigenvalue weighted by atomic mass is 31.1. The van der Waals surface area contributed by atoms with Crippen molar-refractivity contribution in [2.45, 2.75) is 58.6 Å². The Kier molecular flexibility index (Phi) is 8.35. The predicted octanol–water partition coefficient (Wildman–Crippen LogP) is 2.42. The molecule has 1 aromatic carbocycles. The quantitative estimate of drug-likeness (QED) is 0.396. The summed E-state index contributed by atoms with van der Waals surface area (Å²) in [5, 5.41) is 10.3. The van der Waals surface area contributed by atoms with Crippen molar-refractivity contribution in [3.05, 3.63) is 57.4 Å². The van der Waals surface area contributed by atoms with Crippen LogP contribution in [0, 0.1) is 5.92 Å². The third-order valence-corrected chi connectivity index (χ3v) is 6.82.